The predicted octanol–water partition coefficient (Wildman–Crippen LogP) is 2.97. The lowest BCUT2D eigenvalue weighted by Crippen LogP contribution is -2.29. The molecule has 0 spiro atoms. The van der Waals surface area contributed by atoms with Crippen LogP contribution < -0.4 is 0 Å². The van der Waals surface area contributed by atoms with E-state index in [4.69, 9.17) is 11.6 Å². The van der Waals surface area contributed by atoms with Crippen LogP contribution in [0.5, 0.6) is 0 Å². The van der Waals surface area contributed by atoms with E-state index in [1.54, 1.807) is 6.07 Å². The summed E-state index contributed by atoms with van der Waals surface area (Å²) >= 11 is 6.03. The zero-order valence-electron chi connectivity index (χ0n) is 13.4. The SMILES string of the molecule is CS(=O)(=O)N(Cc1cn2c(n1)CCCC2)Cc1c(F)cccc1Cl. The first-order chi connectivity index (χ1) is 11.3. The topological polar surface area (TPSA) is 55.2 Å². The zero-order chi connectivity index (χ0) is 17.3. The van der Waals surface area contributed by atoms with E-state index in [0.717, 1.165) is 37.9 Å². The zero-order valence-corrected chi connectivity index (χ0v) is 14.9. The molecule has 8 heteroatoms. The molecule has 130 valence electrons. The van der Waals surface area contributed by atoms with Crippen molar-refractivity contribution in [1.82, 2.24) is 13.9 Å². The van der Waals surface area contributed by atoms with Crippen molar-refractivity contribution in [2.45, 2.75) is 38.9 Å². The number of fused-ring (bicyclic) bond motifs is 1. The summed E-state index contributed by atoms with van der Waals surface area (Å²) in [6, 6.07) is 4.32. The van der Waals surface area contributed by atoms with Gasteiger partial charge in [0.15, 0.2) is 0 Å². The van der Waals surface area contributed by atoms with Crippen LogP contribution in [0.3, 0.4) is 0 Å². The molecule has 0 amide bonds. The van der Waals surface area contributed by atoms with E-state index in [1.165, 1.54) is 16.4 Å². The Balaban J connectivity index is 1.86. The summed E-state index contributed by atoms with van der Waals surface area (Å²) in [7, 11) is -3.54. The van der Waals surface area contributed by atoms with Crippen molar-refractivity contribution < 1.29 is 12.8 Å². The van der Waals surface area contributed by atoms with E-state index < -0.39 is 15.8 Å². The van der Waals surface area contributed by atoms with Gasteiger partial charge in [-0.1, -0.05) is 17.7 Å². The highest BCUT2D eigenvalue weighted by Gasteiger charge is 2.23. The number of aryl methyl sites for hydroxylation is 2. The highest BCUT2D eigenvalue weighted by Crippen LogP contribution is 2.23. The molecule has 0 saturated carbocycles. The Labute approximate surface area is 146 Å². The first-order valence-electron chi connectivity index (χ1n) is 7.77. The minimum atomic E-state index is -3.54. The Bertz CT molecular complexity index is 807. The normalized spacial score (nSPS) is 14.8. The molecule has 0 unspecified atom stereocenters. The lowest BCUT2D eigenvalue weighted by atomic mass is 10.2. The number of nitrogens with zero attached hydrogens (tertiary/aromatic N) is 3. The van der Waals surface area contributed by atoms with E-state index in [1.807, 2.05) is 6.20 Å². The van der Waals surface area contributed by atoms with Crippen LogP contribution in [0, 0.1) is 5.82 Å². The lowest BCUT2D eigenvalue weighted by molar-refractivity contribution is 0.394. The monoisotopic (exact) mass is 371 g/mol. The van der Waals surface area contributed by atoms with Gasteiger partial charge in [-0.3, -0.25) is 0 Å². The maximum Gasteiger partial charge on any atom is 0.211 e. The van der Waals surface area contributed by atoms with Crippen LogP contribution in [0.15, 0.2) is 24.4 Å². The van der Waals surface area contributed by atoms with Crippen LogP contribution >= 0.6 is 11.6 Å². The molecule has 0 N–H and O–H groups in total. The second-order valence-electron chi connectivity index (χ2n) is 6.03. The molecule has 0 saturated heterocycles. The van der Waals surface area contributed by atoms with Crippen LogP contribution in [-0.4, -0.2) is 28.5 Å². The highest BCUT2D eigenvalue weighted by atomic mass is 35.5. The summed E-state index contributed by atoms with van der Waals surface area (Å²) < 4.78 is 41.5. The average Bonchev–Trinajstić information content (AvgIpc) is 2.91. The molecule has 5 nitrogen and oxygen atoms in total. The Hall–Kier alpha value is -1.44. The molecule has 1 aromatic carbocycles. The molecule has 2 heterocycles. The highest BCUT2D eigenvalue weighted by molar-refractivity contribution is 7.88. The van der Waals surface area contributed by atoms with Gasteiger partial charge in [0.05, 0.1) is 18.5 Å². The summed E-state index contributed by atoms with van der Waals surface area (Å²) in [6.45, 7) is 0.885. The number of sulfonamides is 1. The summed E-state index contributed by atoms with van der Waals surface area (Å²) in [5.41, 5.74) is 0.846. The standard InChI is InChI=1S/C16H19ClFN3O2S/c1-24(22,23)21(11-13-14(17)5-4-6-15(13)18)10-12-9-20-8-3-2-7-16(20)19-12/h4-6,9H,2-3,7-8,10-11H2,1H3. The number of aromatic nitrogens is 2. The quantitative estimate of drug-likeness (QED) is 0.811. The Morgan fingerprint density at radius 2 is 2.12 bits per heavy atom. The largest absolute Gasteiger partial charge is 0.335 e. The number of hydrogen-bond donors (Lipinski definition) is 0. The van der Waals surface area contributed by atoms with E-state index in [0.29, 0.717) is 5.69 Å². The van der Waals surface area contributed by atoms with Gasteiger partial charge in [-0.15, -0.1) is 0 Å². The number of rotatable bonds is 5. The second-order valence-corrected chi connectivity index (χ2v) is 8.42. The number of imidazole rings is 1. The Morgan fingerprint density at radius 1 is 1.33 bits per heavy atom. The van der Waals surface area contributed by atoms with Gasteiger partial charge in [0.1, 0.15) is 11.6 Å². The molecule has 1 aliphatic rings. The van der Waals surface area contributed by atoms with Gasteiger partial charge in [0.25, 0.3) is 0 Å². The van der Waals surface area contributed by atoms with E-state index >= 15 is 0 Å². The van der Waals surface area contributed by atoms with Crippen LogP contribution in [0.4, 0.5) is 4.39 Å². The smallest absolute Gasteiger partial charge is 0.211 e. The molecule has 0 aliphatic carbocycles. The van der Waals surface area contributed by atoms with Crippen LogP contribution in [0.25, 0.3) is 0 Å². The van der Waals surface area contributed by atoms with Crippen molar-refractivity contribution in [2.75, 3.05) is 6.26 Å². The molecule has 0 bridgehead atoms. The van der Waals surface area contributed by atoms with Gasteiger partial charge < -0.3 is 4.57 Å². The minimum Gasteiger partial charge on any atom is -0.335 e. The molecule has 0 radical (unpaired) electrons. The molecule has 1 aromatic heterocycles. The second kappa shape index (κ2) is 6.82. The molecule has 24 heavy (non-hydrogen) atoms. The predicted molar refractivity (Wildman–Crippen MR) is 90.7 cm³/mol. The molecule has 2 aromatic rings. The van der Waals surface area contributed by atoms with Crippen LogP contribution in [0.2, 0.25) is 5.02 Å². The fraction of sp³-hybridized carbons (Fsp3) is 0.438. The number of benzene rings is 1. The van der Waals surface area contributed by atoms with Gasteiger partial charge in [0, 0.05) is 36.3 Å². The molecule has 1 aliphatic heterocycles. The van der Waals surface area contributed by atoms with Gasteiger partial charge >= 0.3 is 0 Å². The fourth-order valence-corrected chi connectivity index (χ4v) is 3.83. The molecule has 3 rings (SSSR count). The Morgan fingerprint density at radius 3 is 2.79 bits per heavy atom. The van der Waals surface area contributed by atoms with Crippen molar-refractivity contribution in [3.05, 3.63) is 52.3 Å². The summed E-state index contributed by atoms with van der Waals surface area (Å²) in [5.74, 6) is 0.467. The minimum absolute atomic E-state index is 0.101. The lowest BCUT2D eigenvalue weighted by Gasteiger charge is -2.20. The molecule has 0 atom stereocenters. The van der Waals surface area contributed by atoms with Gasteiger partial charge in [-0.05, 0) is 25.0 Å². The van der Waals surface area contributed by atoms with Crippen molar-refractivity contribution in [3.8, 4) is 0 Å². The number of hydrogen-bond acceptors (Lipinski definition) is 3. The van der Waals surface area contributed by atoms with Crippen molar-refractivity contribution >= 4 is 21.6 Å². The first-order valence-corrected chi connectivity index (χ1v) is 10.00. The Kier molecular flexibility index (Phi) is 4.94. The molecular formula is C16H19ClFN3O2S. The van der Waals surface area contributed by atoms with Crippen molar-refractivity contribution in [2.24, 2.45) is 0 Å². The van der Waals surface area contributed by atoms with Gasteiger partial charge in [-0.25, -0.2) is 17.8 Å². The summed E-state index contributed by atoms with van der Waals surface area (Å²) in [4.78, 5) is 4.52. The third kappa shape index (κ3) is 3.79. The molecule has 0 fully saturated rings. The fourth-order valence-electron chi connectivity index (χ4n) is 2.88. The van der Waals surface area contributed by atoms with Crippen molar-refractivity contribution in [1.29, 1.82) is 0 Å². The van der Waals surface area contributed by atoms with E-state index in [-0.39, 0.29) is 23.7 Å². The molecular weight excluding hydrogens is 353 g/mol. The number of halogens is 2. The maximum atomic E-state index is 14.0. The maximum absolute atomic E-state index is 14.0. The van der Waals surface area contributed by atoms with Gasteiger partial charge in [0.2, 0.25) is 10.0 Å². The summed E-state index contributed by atoms with van der Waals surface area (Å²) in [6.07, 6.45) is 6.09. The van der Waals surface area contributed by atoms with E-state index in [2.05, 4.69) is 9.55 Å². The summed E-state index contributed by atoms with van der Waals surface area (Å²) in [5, 5.41) is 0.216. The third-order valence-electron chi connectivity index (χ3n) is 4.16. The average molecular weight is 372 g/mol. The third-order valence-corrected chi connectivity index (χ3v) is 5.71. The van der Waals surface area contributed by atoms with Crippen molar-refractivity contribution in [3.63, 3.8) is 0 Å². The van der Waals surface area contributed by atoms with E-state index in [9.17, 15) is 12.8 Å². The van der Waals surface area contributed by atoms with Crippen LogP contribution in [-0.2, 0) is 36.1 Å². The first kappa shape index (κ1) is 17.4. The van der Waals surface area contributed by atoms with Crippen LogP contribution in [0.1, 0.15) is 29.9 Å². The van der Waals surface area contributed by atoms with Gasteiger partial charge in [-0.2, -0.15) is 4.31 Å².